The number of imidazole rings is 1. The highest BCUT2D eigenvalue weighted by Crippen LogP contribution is 2.24. The van der Waals surface area contributed by atoms with Gasteiger partial charge in [0.25, 0.3) is 0 Å². The summed E-state index contributed by atoms with van der Waals surface area (Å²) in [6, 6.07) is 2.16. The Kier molecular flexibility index (Phi) is 4.44. The maximum absolute atomic E-state index is 5.68. The molecule has 7 nitrogen and oxygen atoms in total. The van der Waals surface area contributed by atoms with Crippen LogP contribution in [0.3, 0.4) is 0 Å². The lowest BCUT2D eigenvalue weighted by Gasteiger charge is -2.34. The smallest absolute Gasteiger partial charge is 0.225 e. The Morgan fingerprint density at radius 3 is 2.92 bits per heavy atom. The van der Waals surface area contributed by atoms with Crippen LogP contribution in [0.15, 0.2) is 18.5 Å². The van der Waals surface area contributed by atoms with E-state index >= 15 is 0 Å². The van der Waals surface area contributed by atoms with Crippen molar-refractivity contribution >= 4 is 5.95 Å². The molecule has 1 N–H and O–H groups in total. The van der Waals surface area contributed by atoms with Gasteiger partial charge >= 0.3 is 0 Å². The Bertz CT molecular complexity index is 681. The Morgan fingerprint density at radius 2 is 2.12 bits per heavy atom. The molecule has 0 aromatic carbocycles. The fraction of sp³-hybridized carbons (Fsp3) is 0.588. The zero-order chi connectivity index (χ0) is 16.4. The summed E-state index contributed by atoms with van der Waals surface area (Å²) in [7, 11) is 0. The van der Waals surface area contributed by atoms with Gasteiger partial charge in [-0.2, -0.15) is 0 Å². The highest BCUT2D eigenvalue weighted by molar-refractivity contribution is 5.31. The molecule has 0 aliphatic carbocycles. The molecular formula is C17H24N6O. The van der Waals surface area contributed by atoms with Crippen LogP contribution in [0.2, 0.25) is 0 Å². The van der Waals surface area contributed by atoms with Crippen molar-refractivity contribution in [2.24, 2.45) is 0 Å². The van der Waals surface area contributed by atoms with Crippen LogP contribution < -0.4 is 4.90 Å². The number of aryl methyl sites for hydroxylation is 1. The average Bonchev–Trinajstić information content (AvgIpc) is 3.27. The second kappa shape index (κ2) is 6.86. The number of aromatic amines is 1. The van der Waals surface area contributed by atoms with E-state index < -0.39 is 0 Å². The molecular weight excluding hydrogens is 304 g/mol. The molecule has 0 saturated carbocycles. The van der Waals surface area contributed by atoms with E-state index in [4.69, 9.17) is 9.72 Å². The van der Waals surface area contributed by atoms with Gasteiger partial charge in [-0.15, -0.1) is 0 Å². The summed E-state index contributed by atoms with van der Waals surface area (Å²) in [5.41, 5.74) is 2.14. The monoisotopic (exact) mass is 328 g/mol. The van der Waals surface area contributed by atoms with Gasteiger partial charge in [0.05, 0.1) is 24.9 Å². The highest BCUT2D eigenvalue weighted by atomic mass is 16.5. The minimum absolute atomic E-state index is 0.151. The van der Waals surface area contributed by atoms with Crippen molar-refractivity contribution in [2.75, 3.05) is 37.7 Å². The maximum atomic E-state index is 5.68. The number of ether oxygens (including phenoxy) is 1. The number of morpholine rings is 1. The Balaban J connectivity index is 1.51. The quantitative estimate of drug-likeness (QED) is 0.921. The predicted molar refractivity (Wildman–Crippen MR) is 90.8 cm³/mol. The molecule has 2 aliphatic rings. The van der Waals surface area contributed by atoms with Crippen LogP contribution in [0.1, 0.15) is 36.1 Å². The first-order valence-corrected chi connectivity index (χ1v) is 8.70. The summed E-state index contributed by atoms with van der Waals surface area (Å²) >= 11 is 0. The molecule has 0 bridgehead atoms. The molecule has 2 aliphatic heterocycles. The molecule has 1 atom stereocenters. The van der Waals surface area contributed by atoms with Crippen molar-refractivity contribution < 1.29 is 4.74 Å². The zero-order valence-electron chi connectivity index (χ0n) is 14.1. The molecule has 2 fully saturated rings. The van der Waals surface area contributed by atoms with Crippen molar-refractivity contribution in [3.63, 3.8) is 0 Å². The fourth-order valence-electron chi connectivity index (χ4n) is 3.43. The van der Waals surface area contributed by atoms with Gasteiger partial charge in [0.15, 0.2) is 0 Å². The van der Waals surface area contributed by atoms with Crippen molar-refractivity contribution in [1.29, 1.82) is 0 Å². The maximum Gasteiger partial charge on any atom is 0.225 e. The predicted octanol–water partition coefficient (Wildman–Crippen LogP) is 1.68. The molecule has 2 aromatic heterocycles. The average molecular weight is 328 g/mol. The van der Waals surface area contributed by atoms with Gasteiger partial charge in [0, 0.05) is 44.3 Å². The van der Waals surface area contributed by atoms with Crippen molar-refractivity contribution in [3.05, 3.63) is 35.7 Å². The number of nitrogens with zero attached hydrogens (tertiary/aromatic N) is 5. The molecule has 0 spiro atoms. The van der Waals surface area contributed by atoms with Crippen LogP contribution in [-0.2, 0) is 11.3 Å². The third kappa shape index (κ3) is 3.27. The van der Waals surface area contributed by atoms with Crippen LogP contribution in [0, 0.1) is 6.92 Å². The van der Waals surface area contributed by atoms with Gasteiger partial charge < -0.3 is 14.6 Å². The van der Waals surface area contributed by atoms with E-state index in [9.17, 15) is 0 Å². The van der Waals surface area contributed by atoms with Gasteiger partial charge in [-0.05, 0) is 25.8 Å². The Hall–Kier alpha value is -1.99. The second-order valence-electron chi connectivity index (χ2n) is 6.55. The van der Waals surface area contributed by atoms with Crippen LogP contribution in [0.5, 0.6) is 0 Å². The molecule has 0 radical (unpaired) electrons. The van der Waals surface area contributed by atoms with Gasteiger partial charge in [-0.25, -0.2) is 15.0 Å². The lowest BCUT2D eigenvalue weighted by molar-refractivity contribution is -0.0162. The highest BCUT2D eigenvalue weighted by Gasteiger charge is 2.27. The van der Waals surface area contributed by atoms with Crippen LogP contribution >= 0.6 is 0 Å². The number of H-pyrrole nitrogens is 1. The summed E-state index contributed by atoms with van der Waals surface area (Å²) in [5, 5.41) is 0. The van der Waals surface area contributed by atoms with Crippen LogP contribution in [0.25, 0.3) is 0 Å². The molecule has 4 rings (SSSR count). The Labute approximate surface area is 142 Å². The van der Waals surface area contributed by atoms with E-state index in [0.717, 1.165) is 55.9 Å². The number of nitrogens with one attached hydrogen (secondary N) is 1. The van der Waals surface area contributed by atoms with E-state index in [0.29, 0.717) is 6.61 Å². The first-order valence-electron chi connectivity index (χ1n) is 8.70. The number of rotatable bonds is 4. The molecule has 128 valence electrons. The summed E-state index contributed by atoms with van der Waals surface area (Å²) in [5.74, 6) is 1.84. The number of aromatic nitrogens is 4. The molecule has 7 heteroatoms. The van der Waals surface area contributed by atoms with E-state index in [1.165, 1.54) is 12.8 Å². The number of hydrogen-bond acceptors (Lipinski definition) is 6. The Morgan fingerprint density at radius 1 is 1.25 bits per heavy atom. The first-order chi connectivity index (χ1) is 11.8. The van der Waals surface area contributed by atoms with E-state index in [-0.39, 0.29) is 6.04 Å². The summed E-state index contributed by atoms with van der Waals surface area (Å²) in [6.07, 6.45) is 6.22. The van der Waals surface area contributed by atoms with Crippen molar-refractivity contribution in [2.45, 2.75) is 32.4 Å². The number of anilines is 1. The third-order valence-electron chi connectivity index (χ3n) is 4.73. The lowest BCUT2D eigenvalue weighted by atomic mass is 10.2. The summed E-state index contributed by atoms with van der Waals surface area (Å²) < 4.78 is 5.68. The zero-order valence-corrected chi connectivity index (χ0v) is 14.1. The second-order valence-corrected chi connectivity index (χ2v) is 6.55. The largest absolute Gasteiger partial charge is 0.378 e. The molecule has 0 unspecified atom stereocenters. The SMILES string of the molecule is Cc1cnc([C@H]2COCCN2Cc2ccnc(N3CCCC3)n2)[nH]1. The van der Waals surface area contributed by atoms with E-state index in [1.807, 2.05) is 25.4 Å². The van der Waals surface area contributed by atoms with Gasteiger partial charge in [-0.3, -0.25) is 4.90 Å². The first kappa shape index (κ1) is 15.5. The molecule has 24 heavy (non-hydrogen) atoms. The molecule has 2 saturated heterocycles. The van der Waals surface area contributed by atoms with Crippen LogP contribution in [0.4, 0.5) is 5.95 Å². The lowest BCUT2D eigenvalue weighted by Crippen LogP contribution is -2.39. The summed E-state index contributed by atoms with van der Waals surface area (Å²) in [6.45, 7) is 7.24. The normalized spacial score (nSPS) is 22.2. The van der Waals surface area contributed by atoms with Gasteiger partial charge in [0.2, 0.25) is 5.95 Å². The van der Waals surface area contributed by atoms with E-state index in [2.05, 4.69) is 24.8 Å². The minimum Gasteiger partial charge on any atom is -0.378 e. The summed E-state index contributed by atoms with van der Waals surface area (Å²) in [4.78, 5) is 21.7. The molecule has 4 heterocycles. The van der Waals surface area contributed by atoms with Crippen molar-refractivity contribution in [3.8, 4) is 0 Å². The molecule has 2 aromatic rings. The minimum atomic E-state index is 0.151. The number of hydrogen-bond donors (Lipinski definition) is 1. The van der Waals surface area contributed by atoms with Gasteiger partial charge in [-0.1, -0.05) is 0 Å². The van der Waals surface area contributed by atoms with Gasteiger partial charge in [0.1, 0.15) is 5.82 Å². The fourth-order valence-corrected chi connectivity index (χ4v) is 3.43. The van der Waals surface area contributed by atoms with E-state index in [1.54, 1.807) is 0 Å². The third-order valence-corrected chi connectivity index (χ3v) is 4.73. The van der Waals surface area contributed by atoms with Crippen molar-refractivity contribution in [1.82, 2.24) is 24.8 Å². The standard InChI is InChI=1S/C17H24N6O/c1-13-10-19-16(20-13)15-12-24-9-8-23(15)11-14-4-5-18-17(21-14)22-6-2-3-7-22/h4-5,10,15H,2-3,6-9,11-12H2,1H3,(H,19,20)/t15-/m1/s1. The topological polar surface area (TPSA) is 70.2 Å². The van der Waals surface area contributed by atoms with Crippen LogP contribution in [-0.4, -0.2) is 57.7 Å². The molecule has 0 amide bonds.